The first-order valence-electron chi connectivity index (χ1n) is 3.90. The van der Waals surface area contributed by atoms with Crippen LogP contribution in [0.3, 0.4) is 0 Å². The first kappa shape index (κ1) is 8.07. The summed E-state index contributed by atoms with van der Waals surface area (Å²) in [5, 5.41) is 0. The second-order valence-electron chi connectivity index (χ2n) is 2.68. The Morgan fingerprint density at radius 2 is 2.25 bits per heavy atom. The van der Waals surface area contributed by atoms with Crippen molar-refractivity contribution in [3.05, 3.63) is 29.8 Å². The van der Waals surface area contributed by atoms with Gasteiger partial charge in [-0.1, -0.05) is 18.2 Å². The standard InChI is InChI=1S/C8H11N3S/c9-10-11-6-5-7-3-1-2-4-8(7)12-11/h1-4,10H,5-6,9H2. The van der Waals surface area contributed by atoms with Crippen molar-refractivity contribution in [2.75, 3.05) is 6.54 Å². The summed E-state index contributed by atoms with van der Waals surface area (Å²) in [5.74, 6) is 5.32. The Kier molecular flexibility index (Phi) is 2.32. The van der Waals surface area contributed by atoms with E-state index in [9.17, 15) is 0 Å². The molecule has 0 saturated carbocycles. The molecule has 0 saturated heterocycles. The molecule has 1 heterocycles. The van der Waals surface area contributed by atoms with E-state index in [1.807, 2.05) is 10.5 Å². The van der Waals surface area contributed by atoms with Crippen molar-refractivity contribution in [3.63, 3.8) is 0 Å². The Morgan fingerprint density at radius 3 is 3.08 bits per heavy atom. The lowest BCUT2D eigenvalue weighted by Crippen LogP contribution is -2.40. The number of hydrogen-bond donors (Lipinski definition) is 2. The van der Waals surface area contributed by atoms with E-state index in [0.717, 1.165) is 13.0 Å². The second-order valence-corrected chi connectivity index (χ2v) is 3.74. The van der Waals surface area contributed by atoms with Crippen LogP contribution in [0.15, 0.2) is 29.2 Å². The normalized spacial score (nSPS) is 17.4. The fraction of sp³-hybridized carbons (Fsp3) is 0.250. The molecule has 0 atom stereocenters. The highest BCUT2D eigenvalue weighted by Crippen LogP contribution is 2.29. The fourth-order valence-corrected chi connectivity index (χ4v) is 2.18. The summed E-state index contributed by atoms with van der Waals surface area (Å²) in [7, 11) is 0. The molecule has 1 aromatic carbocycles. The maximum absolute atomic E-state index is 5.32. The minimum Gasteiger partial charge on any atom is -0.257 e. The van der Waals surface area contributed by atoms with E-state index in [1.54, 1.807) is 11.9 Å². The molecule has 0 spiro atoms. The summed E-state index contributed by atoms with van der Waals surface area (Å²) in [6.07, 6.45) is 1.06. The summed E-state index contributed by atoms with van der Waals surface area (Å²) in [4.78, 5) is 1.29. The quantitative estimate of drug-likeness (QED) is 0.384. The first-order valence-corrected chi connectivity index (χ1v) is 4.67. The molecule has 0 bridgehead atoms. The number of nitrogens with one attached hydrogen (secondary N) is 1. The number of nitrogens with two attached hydrogens (primary N) is 1. The van der Waals surface area contributed by atoms with Gasteiger partial charge >= 0.3 is 0 Å². The van der Waals surface area contributed by atoms with Crippen LogP contribution in [-0.4, -0.2) is 11.0 Å². The molecule has 3 nitrogen and oxygen atoms in total. The smallest absolute Gasteiger partial charge is 0.0303 e. The van der Waals surface area contributed by atoms with Gasteiger partial charge in [0.1, 0.15) is 0 Å². The van der Waals surface area contributed by atoms with Gasteiger partial charge in [0, 0.05) is 11.4 Å². The molecule has 2 rings (SSSR count). The summed E-state index contributed by atoms with van der Waals surface area (Å²) in [5.41, 5.74) is 4.05. The summed E-state index contributed by atoms with van der Waals surface area (Å²) in [6, 6.07) is 8.40. The van der Waals surface area contributed by atoms with E-state index in [-0.39, 0.29) is 0 Å². The van der Waals surface area contributed by atoms with Crippen molar-refractivity contribution in [2.45, 2.75) is 11.3 Å². The minimum absolute atomic E-state index is 0.957. The Labute approximate surface area is 76.0 Å². The van der Waals surface area contributed by atoms with Crippen LogP contribution in [0.1, 0.15) is 5.56 Å². The van der Waals surface area contributed by atoms with E-state index in [0.29, 0.717) is 0 Å². The van der Waals surface area contributed by atoms with Crippen LogP contribution in [0.2, 0.25) is 0 Å². The van der Waals surface area contributed by atoms with Gasteiger partial charge in [-0.15, -0.1) is 0 Å². The molecule has 0 aromatic heterocycles. The topological polar surface area (TPSA) is 41.3 Å². The van der Waals surface area contributed by atoms with Crippen LogP contribution >= 0.6 is 11.9 Å². The molecule has 0 unspecified atom stereocenters. The van der Waals surface area contributed by atoms with Gasteiger partial charge in [-0.25, -0.2) is 0 Å². The van der Waals surface area contributed by atoms with Crippen LogP contribution in [0.4, 0.5) is 0 Å². The van der Waals surface area contributed by atoms with Crippen molar-refractivity contribution in [1.29, 1.82) is 0 Å². The van der Waals surface area contributed by atoms with Crippen LogP contribution in [-0.2, 0) is 6.42 Å². The van der Waals surface area contributed by atoms with E-state index < -0.39 is 0 Å². The van der Waals surface area contributed by atoms with Gasteiger partial charge in [-0.2, -0.15) is 9.95 Å². The van der Waals surface area contributed by atoms with Crippen molar-refractivity contribution >= 4 is 11.9 Å². The Hall–Kier alpha value is -0.550. The van der Waals surface area contributed by atoms with E-state index >= 15 is 0 Å². The zero-order valence-corrected chi connectivity index (χ0v) is 7.47. The van der Waals surface area contributed by atoms with Crippen LogP contribution in [0.5, 0.6) is 0 Å². The highest BCUT2D eigenvalue weighted by Gasteiger charge is 2.14. The number of nitrogens with zero attached hydrogens (tertiary/aromatic N) is 1. The van der Waals surface area contributed by atoms with Crippen LogP contribution in [0.25, 0.3) is 0 Å². The lowest BCUT2D eigenvalue weighted by molar-refractivity contribution is 0.355. The highest BCUT2D eigenvalue weighted by molar-refractivity contribution is 7.97. The van der Waals surface area contributed by atoms with Crippen molar-refractivity contribution < 1.29 is 0 Å². The third kappa shape index (κ3) is 1.47. The molecule has 0 aliphatic carbocycles. The van der Waals surface area contributed by atoms with Crippen molar-refractivity contribution in [3.8, 4) is 0 Å². The van der Waals surface area contributed by atoms with Crippen LogP contribution in [0, 0.1) is 0 Å². The van der Waals surface area contributed by atoms with E-state index in [4.69, 9.17) is 5.84 Å². The molecule has 64 valence electrons. The van der Waals surface area contributed by atoms with Gasteiger partial charge in [-0.3, -0.25) is 5.84 Å². The Balaban J connectivity index is 2.23. The van der Waals surface area contributed by atoms with Gasteiger partial charge in [0.2, 0.25) is 0 Å². The average molecular weight is 181 g/mol. The molecular formula is C8H11N3S. The molecule has 4 heteroatoms. The van der Waals surface area contributed by atoms with E-state index in [2.05, 4.69) is 23.7 Å². The largest absolute Gasteiger partial charge is 0.257 e. The molecule has 1 aliphatic heterocycles. The number of benzene rings is 1. The second kappa shape index (κ2) is 3.45. The van der Waals surface area contributed by atoms with Crippen molar-refractivity contribution in [1.82, 2.24) is 9.95 Å². The maximum Gasteiger partial charge on any atom is 0.0303 e. The van der Waals surface area contributed by atoms with E-state index in [1.165, 1.54) is 10.5 Å². The Morgan fingerprint density at radius 1 is 1.42 bits per heavy atom. The molecule has 12 heavy (non-hydrogen) atoms. The number of rotatable bonds is 1. The average Bonchev–Trinajstić information content (AvgIpc) is 2.17. The van der Waals surface area contributed by atoms with Gasteiger partial charge in [0.25, 0.3) is 0 Å². The number of hydrogen-bond acceptors (Lipinski definition) is 4. The summed E-state index contributed by atoms with van der Waals surface area (Å²) < 4.78 is 1.93. The molecule has 0 amide bonds. The first-order chi connectivity index (χ1) is 5.90. The highest BCUT2D eigenvalue weighted by atomic mass is 32.2. The number of hydrazine groups is 2. The molecule has 3 N–H and O–H groups in total. The lowest BCUT2D eigenvalue weighted by Gasteiger charge is -2.25. The van der Waals surface area contributed by atoms with Gasteiger partial charge in [0.15, 0.2) is 0 Å². The zero-order valence-electron chi connectivity index (χ0n) is 6.66. The zero-order chi connectivity index (χ0) is 8.39. The predicted molar refractivity (Wildman–Crippen MR) is 50.0 cm³/mol. The molecular weight excluding hydrogens is 170 g/mol. The monoisotopic (exact) mass is 181 g/mol. The summed E-state index contributed by atoms with van der Waals surface area (Å²) in [6.45, 7) is 0.957. The predicted octanol–water partition coefficient (Wildman–Crippen LogP) is 0.930. The SMILES string of the molecule is NNN1CCc2ccccc2S1. The third-order valence-corrected chi connectivity index (χ3v) is 3.01. The van der Waals surface area contributed by atoms with Crippen molar-refractivity contribution in [2.24, 2.45) is 5.84 Å². The number of fused-ring (bicyclic) bond motifs is 1. The van der Waals surface area contributed by atoms with Gasteiger partial charge < -0.3 is 0 Å². The Bertz CT molecular complexity index is 277. The molecule has 1 aromatic rings. The maximum atomic E-state index is 5.32. The fourth-order valence-electron chi connectivity index (χ4n) is 1.28. The lowest BCUT2D eigenvalue weighted by atomic mass is 10.1. The molecule has 0 fully saturated rings. The van der Waals surface area contributed by atoms with Crippen LogP contribution < -0.4 is 11.4 Å². The minimum atomic E-state index is 0.957. The molecule has 0 radical (unpaired) electrons. The van der Waals surface area contributed by atoms with Gasteiger partial charge in [-0.05, 0) is 30.0 Å². The third-order valence-electron chi connectivity index (χ3n) is 1.91. The van der Waals surface area contributed by atoms with Gasteiger partial charge in [0.05, 0.1) is 0 Å². The molecule has 1 aliphatic rings. The summed E-state index contributed by atoms with van der Waals surface area (Å²) >= 11 is 1.65.